The van der Waals surface area contributed by atoms with Crippen molar-refractivity contribution in [1.82, 2.24) is 5.32 Å². The van der Waals surface area contributed by atoms with Crippen molar-refractivity contribution in [2.24, 2.45) is 10.1 Å². The molecular weight excluding hydrogens is 218 g/mol. The Morgan fingerprint density at radius 2 is 2.35 bits per heavy atom. The second-order valence-electron chi connectivity index (χ2n) is 3.74. The van der Waals surface area contributed by atoms with Crippen molar-refractivity contribution < 1.29 is 9.94 Å². The van der Waals surface area contributed by atoms with Crippen LogP contribution in [0.1, 0.15) is 12.5 Å². The Bertz CT molecular complexity index is 443. The fraction of sp³-hybridized carbons (Fsp3) is 0.333. The number of aliphatic imine (C=N–C) groups is 1. The molecule has 0 amide bonds. The Hall–Kier alpha value is -2.04. The molecule has 1 aliphatic rings. The maximum atomic E-state index is 8.57. The largest absolute Gasteiger partial charge is 0.482 e. The predicted octanol–water partition coefficient (Wildman–Crippen LogP) is 1.26. The van der Waals surface area contributed by atoms with Gasteiger partial charge in [0.1, 0.15) is 11.6 Å². The Labute approximate surface area is 99.8 Å². The van der Waals surface area contributed by atoms with E-state index in [2.05, 4.69) is 15.5 Å². The van der Waals surface area contributed by atoms with Gasteiger partial charge in [0.15, 0.2) is 6.10 Å². The number of rotatable bonds is 4. The summed E-state index contributed by atoms with van der Waals surface area (Å²) in [6.45, 7) is 3.59. The number of nitrogens with one attached hydrogen (secondary N) is 1. The van der Waals surface area contributed by atoms with E-state index < -0.39 is 0 Å². The summed E-state index contributed by atoms with van der Waals surface area (Å²) in [4.78, 5) is 4.30. The molecular formula is C12H15N3O2. The zero-order chi connectivity index (χ0) is 12.1. The van der Waals surface area contributed by atoms with E-state index in [4.69, 9.17) is 9.94 Å². The fourth-order valence-electron chi connectivity index (χ4n) is 1.69. The van der Waals surface area contributed by atoms with Gasteiger partial charge in [-0.3, -0.25) is 4.99 Å². The molecule has 0 radical (unpaired) electrons. The number of hydrogen-bond donors (Lipinski definition) is 2. The van der Waals surface area contributed by atoms with Gasteiger partial charge in [0.2, 0.25) is 0 Å². The molecule has 2 N–H and O–H groups in total. The maximum absolute atomic E-state index is 8.57. The average molecular weight is 233 g/mol. The van der Waals surface area contributed by atoms with Gasteiger partial charge in [-0.05, 0) is 19.1 Å². The number of benzene rings is 1. The van der Waals surface area contributed by atoms with Gasteiger partial charge >= 0.3 is 0 Å². The van der Waals surface area contributed by atoms with E-state index in [1.165, 1.54) is 6.21 Å². The van der Waals surface area contributed by atoms with Crippen LogP contribution in [0.15, 0.2) is 34.4 Å². The van der Waals surface area contributed by atoms with Crippen molar-refractivity contribution in [3.05, 3.63) is 29.8 Å². The van der Waals surface area contributed by atoms with Crippen LogP contribution in [0.3, 0.4) is 0 Å². The van der Waals surface area contributed by atoms with Crippen LogP contribution >= 0.6 is 0 Å². The van der Waals surface area contributed by atoms with Gasteiger partial charge in [0, 0.05) is 12.1 Å². The molecule has 90 valence electrons. The highest BCUT2D eigenvalue weighted by molar-refractivity contribution is 5.88. The lowest BCUT2D eigenvalue weighted by Crippen LogP contribution is -2.33. The molecule has 0 bridgehead atoms. The molecule has 1 heterocycles. The number of para-hydroxylation sites is 1. The molecule has 1 aromatic rings. The highest BCUT2D eigenvalue weighted by atomic mass is 16.5. The van der Waals surface area contributed by atoms with Crippen molar-refractivity contribution in [3.63, 3.8) is 0 Å². The highest BCUT2D eigenvalue weighted by Gasteiger charge is 2.16. The topological polar surface area (TPSA) is 66.2 Å². The summed E-state index contributed by atoms with van der Waals surface area (Å²) in [5, 5.41) is 14.8. The molecule has 0 spiro atoms. The monoisotopic (exact) mass is 233 g/mol. The van der Waals surface area contributed by atoms with E-state index in [0.717, 1.165) is 24.5 Å². The summed E-state index contributed by atoms with van der Waals surface area (Å²) >= 11 is 0. The zero-order valence-electron chi connectivity index (χ0n) is 9.63. The predicted molar refractivity (Wildman–Crippen MR) is 66.2 cm³/mol. The van der Waals surface area contributed by atoms with Crippen LogP contribution in [0.5, 0.6) is 5.75 Å². The van der Waals surface area contributed by atoms with E-state index >= 15 is 0 Å². The van der Waals surface area contributed by atoms with E-state index in [1.807, 2.05) is 31.2 Å². The van der Waals surface area contributed by atoms with Crippen LogP contribution in [0.4, 0.5) is 0 Å². The van der Waals surface area contributed by atoms with Gasteiger partial charge < -0.3 is 15.3 Å². The summed E-state index contributed by atoms with van der Waals surface area (Å²) in [6.07, 6.45) is 1.22. The second kappa shape index (κ2) is 5.34. The van der Waals surface area contributed by atoms with E-state index in [0.29, 0.717) is 5.75 Å². The highest BCUT2D eigenvalue weighted by Crippen LogP contribution is 2.18. The van der Waals surface area contributed by atoms with Crippen LogP contribution in [-0.4, -0.2) is 36.5 Å². The molecule has 0 aliphatic carbocycles. The summed E-state index contributed by atoms with van der Waals surface area (Å²) in [5.41, 5.74) is 0.737. The number of hydrogen-bond acceptors (Lipinski definition) is 5. The standard InChI is InChI=1S/C12H15N3O2/c1-9(12-13-6-7-14-12)17-11-5-3-2-4-10(11)8-15-16/h2-5,8-9,16H,6-7H2,1H3,(H,13,14)/b15-8+/t9-/m0/s1. The lowest BCUT2D eigenvalue weighted by atomic mass is 10.2. The average Bonchev–Trinajstić information content (AvgIpc) is 2.85. The third kappa shape index (κ3) is 2.75. The minimum absolute atomic E-state index is 0.134. The first-order chi connectivity index (χ1) is 8.31. The van der Waals surface area contributed by atoms with Gasteiger partial charge in [-0.2, -0.15) is 0 Å². The number of oxime groups is 1. The smallest absolute Gasteiger partial charge is 0.152 e. The van der Waals surface area contributed by atoms with Crippen LogP contribution in [0, 0.1) is 0 Å². The summed E-state index contributed by atoms with van der Waals surface area (Å²) in [5.74, 6) is 1.54. The Kier molecular flexibility index (Phi) is 3.59. The van der Waals surface area contributed by atoms with E-state index in [1.54, 1.807) is 0 Å². The lowest BCUT2D eigenvalue weighted by molar-refractivity contribution is 0.283. The summed E-state index contributed by atoms with van der Waals surface area (Å²) < 4.78 is 5.79. The first-order valence-electron chi connectivity index (χ1n) is 5.52. The van der Waals surface area contributed by atoms with Crippen molar-refractivity contribution in [1.29, 1.82) is 0 Å². The molecule has 1 atom stereocenters. The molecule has 0 fully saturated rings. The second-order valence-corrected chi connectivity index (χ2v) is 3.74. The van der Waals surface area contributed by atoms with Gasteiger partial charge in [-0.15, -0.1) is 0 Å². The SMILES string of the molecule is C[C@H](Oc1ccccc1/C=N/O)C1=NCCN1. The molecule has 1 aliphatic heterocycles. The molecule has 0 saturated carbocycles. The number of nitrogens with zero attached hydrogens (tertiary/aromatic N) is 2. The lowest BCUT2D eigenvalue weighted by Gasteiger charge is -2.16. The minimum atomic E-state index is -0.134. The van der Waals surface area contributed by atoms with Gasteiger partial charge in [0.05, 0.1) is 12.8 Å². The van der Waals surface area contributed by atoms with E-state index in [-0.39, 0.29) is 6.10 Å². The Morgan fingerprint density at radius 3 is 3.06 bits per heavy atom. The zero-order valence-corrected chi connectivity index (χ0v) is 9.63. The molecule has 2 rings (SSSR count). The Morgan fingerprint density at radius 1 is 1.53 bits per heavy atom. The fourth-order valence-corrected chi connectivity index (χ4v) is 1.69. The minimum Gasteiger partial charge on any atom is -0.482 e. The normalized spacial score (nSPS) is 16.6. The number of amidine groups is 1. The molecule has 0 aromatic heterocycles. The summed E-state index contributed by atoms with van der Waals surface area (Å²) in [6, 6.07) is 7.40. The molecule has 5 nitrogen and oxygen atoms in total. The van der Waals surface area contributed by atoms with Crippen LogP contribution < -0.4 is 10.1 Å². The summed E-state index contributed by atoms with van der Waals surface area (Å²) in [7, 11) is 0. The molecule has 1 aromatic carbocycles. The third-order valence-electron chi connectivity index (χ3n) is 2.50. The third-order valence-corrected chi connectivity index (χ3v) is 2.50. The molecule has 0 unspecified atom stereocenters. The maximum Gasteiger partial charge on any atom is 0.152 e. The molecule has 5 heteroatoms. The van der Waals surface area contributed by atoms with Crippen molar-refractivity contribution in [3.8, 4) is 5.75 Å². The quantitative estimate of drug-likeness (QED) is 0.467. The van der Waals surface area contributed by atoms with Gasteiger partial charge in [-0.1, -0.05) is 17.3 Å². The Balaban J connectivity index is 2.12. The first kappa shape index (κ1) is 11.4. The van der Waals surface area contributed by atoms with Crippen LogP contribution in [0.25, 0.3) is 0 Å². The van der Waals surface area contributed by atoms with Crippen molar-refractivity contribution in [2.75, 3.05) is 13.1 Å². The van der Waals surface area contributed by atoms with Crippen molar-refractivity contribution in [2.45, 2.75) is 13.0 Å². The van der Waals surface area contributed by atoms with Crippen LogP contribution in [-0.2, 0) is 0 Å². The van der Waals surface area contributed by atoms with Gasteiger partial charge in [0.25, 0.3) is 0 Å². The molecule has 0 saturated heterocycles. The van der Waals surface area contributed by atoms with Crippen LogP contribution in [0.2, 0.25) is 0 Å². The van der Waals surface area contributed by atoms with Gasteiger partial charge in [-0.25, -0.2) is 0 Å². The molecule has 17 heavy (non-hydrogen) atoms. The van der Waals surface area contributed by atoms with Crippen molar-refractivity contribution >= 4 is 12.1 Å². The number of ether oxygens (including phenoxy) is 1. The first-order valence-corrected chi connectivity index (χ1v) is 5.52. The van der Waals surface area contributed by atoms with E-state index in [9.17, 15) is 0 Å².